The highest BCUT2D eigenvalue weighted by Gasteiger charge is 2.15. The first-order chi connectivity index (χ1) is 14.2. The van der Waals surface area contributed by atoms with E-state index in [4.69, 9.17) is 4.42 Å². The van der Waals surface area contributed by atoms with Crippen LogP contribution in [0.15, 0.2) is 76.2 Å². The Morgan fingerprint density at radius 1 is 1.03 bits per heavy atom. The van der Waals surface area contributed by atoms with E-state index < -0.39 is 0 Å². The van der Waals surface area contributed by atoms with E-state index in [1.165, 1.54) is 0 Å². The zero-order chi connectivity index (χ0) is 20.5. The van der Waals surface area contributed by atoms with Crippen LogP contribution < -0.4 is 10.6 Å². The molecule has 0 bridgehead atoms. The van der Waals surface area contributed by atoms with E-state index in [-0.39, 0.29) is 11.8 Å². The zero-order valence-corrected chi connectivity index (χ0v) is 17.1. The Kier molecular flexibility index (Phi) is 7.53. The van der Waals surface area contributed by atoms with Gasteiger partial charge in [0.2, 0.25) is 5.91 Å². The maximum absolute atomic E-state index is 12.6. The number of hydrogen-bond acceptors (Lipinski definition) is 4. The Balaban J connectivity index is 1.56. The van der Waals surface area contributed by atoms with Gasteiger partial charge in [-0.1, -0.05) is 37.3 Å². The van der Waals surface area contributed by atoms with Gasteiger partial charge in [0, 0.05) is 34.9 Å². The Morgan fingerprint density at radius 2 is 1.86 bits per heavy atom. The molecular formula is C23H24N2O3S. The summed E-state index contributed by atoms with van der Waals surface area (Å²) in [5.41, 5.74) is 2.49. The summed E-state index contributed by atoms with van der Waals surface area (Å²) in [5.74, 6) is 0.729. The third kappa shape index (κ3) is 6.26. The van der Waals surface area contributed by atoms with Crippen LogP contribution in [0.4, 0.5) is 5.69 Å². The Hall–Kier alpha value is -2.99. The SMILES string of the molecule is CCCC(=O)Nc1cccc(CNC(=O)c2occc2CSc2ccccc2)c1. The van der Waals surface area contributed by atoms with Gasteiger partial charge < -0.3 is 15.1 Å². The number of amides is 2. The molecule has 0 fully saturated rings. The van der Waals surface area contributed by atoms with Crippen LogP contribution in [0.3, 0.4) is 0 Å². The molecule has 5 nitrogen and oxygen atoms in total. The van der Waals surface area contributed by atoms with E-state index in [2.05, 4.69) is 10.6 Å². The Labute approximate surface area is 174 Å². The number of rotatable bonds is 9. The van der Waals surface area contributed by atoms with Crippen molar-refractivity contribution in [3.8, 4) is 0 Å². The molecule has 29 heavy (non-hydrogen) atoms. The number of furan rings is 1. The smallest absolute Gasteiger partial charge is 0.287 e. The molecule has 3 rings (SSSR count). The quantitative estimate of drug-likeness (QED) is 0.475. The summed E-state index contributed by atoms with van der Waals surface area (Å²) >= 11 is 1.66. The Bertz CT molecular complexity index is 954. The summed E-state index contributed by atoms with van der Waals surface area (Å²) in [6.07, 6.45) is 2.83. The molecular weight excluding hydrogens is 384 g/mol. The molecule has 1 heterocycles. The number of carbonyl (C=O) groups excluding carboxylic acids is 2. The van der Waals surface area contributed by atoms with E-state index in [0.717, 1.165) is 28.1 Å². The maximum atomic E-state index is 12.6. The first-order valence-corrected chi connectivity index (χ1v) is 10.6. The normalized spacial score (nSPS) is 10.5. The fourth-order valence-corrected chi connectivity index (χ4v) is 3.70. The van der Waals surface area contributed by atoms with Crippen molar-refractivity contribution in [3.63, 3.8) is 0 Å². The van der Waals surface area contributed by atoms with Crippen LogP contribution in [0.1, 0.15) is 41.4 Å². The van der Waals surface area contributed by atoms with Gasteiger partial charge in [-0.3, -0.25) is 9.59 Å². The molecule has 0 saturated heterocycles. The molecule has 2 N–H and O–H groups in total. The summed E-state index contributed by atoms with van der Waals surface area (Å²) in [6.45, 7) is 2.31. The van der Waals surface area contributed by atoms with E-state index in [9.17, 15) is 9.59 Å². The molecule has 150 valence electrons. The van der Waals surface area contributed by atoms with Crippen LogP contribution in [0.2, 0.25) is 0 Å². The molecule has 0 radical (unpaired) electrons. The minimum absolute atomic E-state index is 0.00942. The molecule has 0 aliphatic heterocycles. The van der Waals surface area contributed by atoms with Crippen molar-refractivity contribution in [1.29, 1.82) is 0 Å². The van der Waals surface area contributed by atoms with Crippen molar-refractivity contribution in [2.24, 2.45) is 0 Å². The number of anilines is 1. The van der Waals surface area contributed by atoms with Crippen LogP contribution in [0.25, 0.3) is 0 Å². The van der Waals surface area contributed by atoms with Gasteiger partial charge >= 0.3 is 0 Å². The number of benzene rings is 2. The standard InChI is InChI=1S/C23H24N2O3S/c1-2-7-21(26)25-19-9-6-8-17(14-19)15-24-23(27)22-18(12-13-28-22)16-29-20-10-4-3-5-11-20/h3-6,8-14H,2,7,15-16H2,1H3,(H,24,27)(H,25,26). The van der Waals surface area contributed by atoms with Crippen molar-refractivity contribution >= 4 is 29.3 Å². The molecule has 1 aromatic heterocycles. The molecule has 0 aliphatic carbocycles. The van der Waals surface area contributed by atoms with Crippen LogP contribution in [-0.4, -0.2) is 11.8 Å². The fraction of sp³-hybridized carbons (Fsp3) is 0.217. The van der Waals surface area contributed by atoms with Gasteiger partial charge in [-0.05, 0) is 42.3 Å². The van der Waals surface area contributed by atoms with Crippen molar-refractivity contribution in [3.05, 3.63) is 83.8 Å². The van der Waals surface area contributed by atoms with Crippen LogP contribution >= 0.6 is 11.8 Å². The fourth-order valence-electron chi connectivity index (χ4n) is 2.80. The minimum Gasteiger partial charge on any atom is -0.459 e. The van der Waals surface area contributed by atoms with Gasteiger partial charge in [0.05, 0.1) is 6.26 Å². The van der Waals surface area contributed by atoms with Gasteiger partial charge in [0.15, 0.2) is 5.76 Å². The van der Waals surface area contributed by atoms with Gasteiger partial charge in [-0.15, -0.1) is 11.8 Å². The van der Waals surface area contributed by atoms with E-state index in [1.807, 2.05) is 67.6 Å². The van der Waals surface area contributed by atoms with Gasteiger partial charge in [-0.2, -0.15) is 0 Å². The van der Waals surface area contributed by atoms with Gasteiger partial charge in [0.1, 0.15) is 0 Å². The number of hydrogen-bond donors (Lipinski definition) is 2. The zero-order valence-electron chi connectivity index (χ0n) is 16.3. The average molecular weight is 409 g/mol. The van der Waals surface area contributed by atoms with E-state index >= 15 is 0 Å². The highest BCUT2D eigenvalue weighted by molar-refractivity contribution is 7.98. The predicted octanol–water partition coefficient (Wildman–Crippen LogP) is 5.24. The average Bonchev–Trinajstić information content (AvgIpc) is 3.20. The summed E-state index contributed by atoms with van der Waals surface area (Å²) in [4.78, 5) is 25.5. The lowest BCUT2D eigenvalue weighted by Gasteiger charge is -2.08. The molecule has 0 atom stereocenters. The molecule has 0 saturated carbocycles. The maximum Gasteiger partial charge on any atom is 0.287 e. The van der Waals surface area contributed by atoms with Crippen molar-refractivity contribution in [1.82, 2.24) is 5.32 Å². The first-order valence-electron chi connectivity index (χ1n) is 9.57. The first kappa shape index (κ1) is 20.7. The third-order valence-corrected chi connectivity index (χ3v) is 5.29. The largest absolute Gasteiger partial charge is 0.459 e. The van der Waals surface area contributed by atoms with Crippen molar-refractivity contribution in [2.45, 2.75) is 37.0 Å². The lowest BCUT2D eigenvalue weighted by atomic mass is 10.2. The molecule has 0 spiro atoms. The third-order valence-electron chi connectivity index (χ3n) is 4.23. The molecule has 3 aromatic rings. The highest BCUT2D eigenvalue weighted by atomic mass is 32.2. The highest BCUT2D eigenvalue weighted by Crippen LogP contribution is 2.25. The van der Waals surface area contributed by atoms with E-state index in [1.54, 1.807) is 18.0 Å². The van der Waals surface area contributed by atoms with Gasteiger partial charge in [0.25, 0.3) is 5.91 Å². The van der Waals surface area contributed by atoms with E-state index in [0.29, 0.717) is 24.5 Å². The summed E-state index contributed by atoms with van der Waals surface area (Å²) in [5, 5.41) is 5.76. The van der Waals surface area contributed by atoms with Crippen molar-refractivity contribution in [2.75, 3.05) is 5.32 Å². The van der Waals surface area contributed by atoms with Crippen LogP contribution in [-0.2, 0) is 17.1 Å². The topological polar surface area (TPSA) is 71.3 Å². The van der Waals surface area contributed by atoms with Crippen LogP contribution in [0, 0.1) is 0 Å². The summed E-state index contributed by atoms with van der Waals surface area (Å²) in [7, 11) is 0. The number of carbonyl (C=O) groups is 2. The second kappa shape index (κ2) is 10.5. The minimum atomic E-state index is -0.251. The monoisotopic (exact) mass is 408 g/mol. The summed E-state index contributed by atoms with van der Waals surface area (Å²) < 4.78 is 5.42. The predicted molar refractivity (Wildman–Crippen MR) is 116 cm³/mol. The lowest BCUT2D eigenvalue weighted by Crippen LogP contribution is -2.23. The van der Waals surface area contributed by atoms with Crippen LogP contribution in [0.5, 0.6) is 0 Å². The Morgan fingerprint density at radius 3 is 2.66 bits per heavy atom. The summed E-state index contributed by atoms with van der Waals surface area (Å²) in [6, 6.07) is 19.3. The molecule has 6 heteroatoms. The van der Waals surface area contributed by atoms with Gasteiger partial charge in [-0.25, -0.2) is 0 Å². The number of nitrogens with one attached hydrogen (secondary N) is 2. The molecule has 2 amide bonds. The molecule has 2 aromatic carbocycles. The molecule has 0 unspecified atom stereocenters. The second-order valence-electron chi connectivity index (χ2n) is 6.56. The lowest BCUT2D eigenvalue weighted by molar-refractivity contribution is -0.116. The second-order valence-corrected chi connectivity index (χ2v) is 7.61. The van der Waals surface area contributed by atoms with Crippen molar-refractivity contribution < 1.29 is 14.0 Å². The molecule has 0 aliphatic rings. The number of thioether (sulfide) groups is 1.